The van der Waals surface area contributed by atoms with Crippen LogP contribution in [0.1, 0.15) is 45.7 Å². The van der Waals surface area contributed by atoms with Crippen molar-refractivity contribution in [1.29, 1.82) is 0 Å². The number of anilines is 1. The Kier molecular flexibility index (Phi) is 10.3. The van der Waals surface area contributed by atoms with E-state index in [1.54, 1.807) is 72.8 Å². The minimum Gasteiger partial charge on any atom is -0.454 e. The standard InChI is InChI=1S/C35H31ClN4O6/c1-3-40(4-2)26-16-13-23(14-17-26)19-29(38-33(41)27-10-6-7-11-28(27)36)34(42)39-37-21-25-9-5-8-12-30(25)46-35(43)24-15-18-31-32(20-24)45-22-44-31/h5-21H,3-4,22H2,1-2H3,(H,38,41)(H,39,42)/b29-19+,37-21-. The maximum Gasteiger partial charge on any atom is 0.343 e. The quantitative estimate of drug-likeness (QED) is 0.0674. The Bertz CT molecular complexity index is 1800. The predicted molar refractivity (Wildman–Crippen MR) is 177 cm³/mol. The van der Waals surface area contributed by atoms with Crippen LogP contribution in [0.2, 0.25) is 5.02 Å². The molecule has 2 N–H and O–H groups in total. The van der Waals surface area contributed by atoms with Gasteiger partial charge in [0.1, 0.15) is 11.4 Å². The minimum absolute atomic E-state index is 0.0554. The van der Waals surface area contributed by atoms with Crippen molar-refractivity contribution in [2.75, 3.05) is 24.8 Å². The number of para-hydroxylation sites is 1. The van der Waals surface area contributed by atoms with Gasteiger partial charge in [-0.05, 0) is 80.1 Å². The molecule has 0 atom stereocenters. The molecule has 1 aliphatic heterocycles. The number of hydrogen-bond donors (Lipinski definition) is 2. The molecule has 11 heteroatoms. The number of carbonyl (C=O) groups excluding carboxylic acids is 3. The lowest BCUT2D eigenvalue weighted by atomic mass is 10.1. The maximum absolute atomic E-state index is 13.3. The van der Waals surface area contributed by atoms with Crippen LogP contribution in [-0.4, -0.2) is 43.9 Å². The lowest BCUT2D eigenvalue weighted by molar-refractivity contribution is -0.117. The number of nitrogens with one attached hydrogen (secondary N) is 2. The normalized spacial score (nSPS) is 12.1. The number of ether oxygens (including phenoxy) is 3. The van der Waals surface area contributed by atoms with Crippen LogP contribution < -0.4 is 29.9 Å². The Morgan fingerprint density at radius 3 is 2.39 bits per heavy atom. The molecule has 0 bridgehead atoms. The van der Waals surface area contributed by atoms with Crippen LogP contribution in [0.15, 0.2) is 102 Å². The number of fused-ring (bicyclic) bond motifs is 1. The molecule has 2 amide bonds. The number of rotatable bonds is 11. The highest BCUT2D eigenvalue weighted by molar-refractivity contribution is 6.34. The van der Waals surface area contributed by atoms with Crippen LogP contribution in [0.5, 0.6) is 17.2 Å². The summed E-state index contributed by atoms with van der Waals surface area (Å²) >= 11 is 6.23. The molecule has 10 nitrogen and oxygen atoms in total. The molecule has 0 saturated carbocycles. The Balaban J connectivity index is 1.33. The van der Waals surface area contributed by atoms with Crippen molar-refractivity contribution >= 4 is 47.4 Å². The lowest BCUT2D eigenvalue weighted by Crippen LogP contribution is -2.33. The van der Waals surface area contributed by atoms with E-state index >= 15 is 0 Å². The second kappa shape index (κ2) is 14.9. The summed E-state index contributed by atoms with van der Waals surface area (Å²) in [5, 5.41) is 6.97. The van der Waals surface area contributed by atoms with Crippen LogP contribution in [0, 0.1) is 0 Å². The van der Waals surface area contributed by atoms with Gasteiger partial charge in [-0.3, -0.25) is 9.59 Å². The van der Waals surface area contributed by atoms with Gasteiger partial charge >= 0.3 is 5.97 Å². The average molecular weight is 639 g/mol. The molecular formula is C35H31ClN4O6. The van der Waals surface area contributed by atoms with Crippen LogP contribution in [-0.2, 0) is 4.79 Å². The number of benzene rings is 4. The largest absolute Gasteiger partial charge is 0.454 e. The number of hydrazone groups is 1. The molecule has 0 fully saturated rings. The van der Waals surface area contributed by atoms with Gasteiger partial charge in [-0.1, -0.05) is 48.0 Å². The Hall–Kier alpha value is -5.61. The zero-order chi connectivity index (χ0) is 32.5. The third-order valence-corrected chi connectivity index (χ3v) is 7.37. The average Bonchev–Trinajstić information content (AvgIpc) is 3.55. The van der Waals surface area contributed by atoms with Gasteiger partial charge in [-0.2, -0.15) is 5.10 Å². The first kappa shape index (κ1) is 31.8. The number of nitrogens with zero attached hydrogens (tertiary/aromatic N) is 2. The van der Waals surface area contributed by atoms with E-state index in [0.29, 0.717) is 22.6 Å². The smallest absolute Gasteiger partial charge is 0.343 e. The van der Waals surface area contributed by atoms with Gasteiger partial charge in [-0.25, -0.2) is 10.2 Å². The first-order valence-electron chi connectivity index (χ1n) is 14.5. The van der Waals surface area contributed by atoms with E-state index in [1.165, 1.54) is 6.21 Å². The Labute approximate surface area is 271 Å². The van der Waals surface area contributed by atoms with E-state index in [0.717, 1.165) is 18.8 Å². The molecule has 0 saturated heterocycles. The van der Waals surface area contributed by atoms with Gasteiger partial charge in [0.15, 0.2) is 11.5 Å². The summed E-state index contributed by atoms with van der Waals surface area (Å²) in [5.41, 5.74) is 5.03. The van der Waals surface area contributed by atoms with E-state index in [-0.39, 0.29) is 34.4 Å². The molecule has 5 rings (SSSR count). The first-order chi connectivity index (χ1) is 22.4. The van der Waals surface area contributed by atoms with Crippen LogP contribution >= 0.6 is 11.6 Å². The van der Waals surface area contributed by atoms with Gasteiger partial charge in [0.25, 0.3) is 11.8 Å². The van der Waals surface area contributed by atoms with E-state index < -0.39 is 17.8 Å². The fourth-order valence-electron chi connectivity index (χ4n) is 4.61. The molecule has 46 heavy (non-hydrogen) atoms. The zero-order valence-corrected chi connectivity index (χ0v) is 25.9. The number of halogens is 1. The monoisotopic (exact) mass is 638 g/mol. The molecule has 0 aliphatic carbocycles. The van der Waals surface area contributed by atoms with Crippen molar-refractivity contribution in [3.63, 3.8) is 0 Å². The summed E-state index contributed by atoms with van der Waals surface area (Å²) in [5.74, 6) is -0.622. The third-order valence-electron chi connectivity index (χ3n) is 7.04. The molecule has 0 spiro atoms. The van der Waals surface area contributed by atoms with Crippen LogP contribution in [0.4, 0.5) is 5.69 Å². The van der Waals surface area contributed by atoms with E-state index in [9.17, 15) is 14.4 Å². The van der Waals surface area contributed by atoms with Gasteiger partial charge < -0.3 is 24.4 Å². The van der Waals surface area contributed by atoms with Gasteiger partial charge in [0.2, 0.25) is 6.79 Å². The van der Waals surface area contributed by atoms with E-state index in [4.69, 9.17) is 25.8 Å². The van der Waals surface area contributed by atoms with Crippen molar-refractivity contribution < 1.29 is 28.6 Å². The topological polar surface area (TPSA) is 119 Å². The molecule has 1 heterocycles. The lowest BCUT2D eigenvalue weighted by Gasteiger charge is -2.21. The Morgan fingerprint density at radius 2 is 1.63 bits per heavy atom. The maximum atomic E-state index is 13.3. The van der Waals surface area contributed by atoms with Crippen molar-refractivity contribution in [3.05, 3.63) is 124 Å². The molecule has 1 aliphatic rings. The number of hydrogen-bond acceptors (Lipinski definition) is 8. The summed E-state index contributed by atoms with van der Waals surface area (Å²) in [4.78, 5) is 41.5. The van der Waals surface area contributed by atoms with Gasteiger partial charge in [-0.15, -0.1) is 0 Å². The fourth-order valence-corrected chi connectivity index (χ4v) is 4.83. The summed E-state index contributed by atoms with van der Waals surface area (Å²) in [6, 6.07) is 25.6. The second-order valence-corrected chi connectivity index (χ2v) is 10.4. The third kappa shape index (κ3) is 7.72. The number of amides is 2. The summed E-state index contributed by atoms with van der Waals surface area (Å²) in [6.07, 6.45) is 2.89. The minimum atomic E-state index is -0.681. The second-order valence-electron chi connectivity index (χ2n) is 9.95. The molecule has 0 aromatic heterocycles. The SMILES string of the molecule is CCN(CC)c1ccc(/C=C(/NC(=O)c2ccccc2Cl)C(=O)N/N=C\c2ccccc2OC(=O)c2ccc3c(c2)OCO3)cc1. The molecule has 0 radical (unpaired) electrons. The van der Waals surface area contributed by atoms with Crippen molar-refractivity contribution in [2.45, 2.75) is 13.8 Å². The number of carbonyl (C=O) groups is 3. The molecule has 4 aromatic carbocycles. The molecule has 234 valence electrons. The molecule has 0 unspecified atom stereocenters. The van der Waals surface area contributed by atoms with Gasteiger partial charge in [0, 0.05) is 24.3 Å². The summed E-state index contributed by atoms with van der Waals surface area (Å²) in [7, 11) is 0. The summed E-state index contributed by atoms with van der Waals surface area (Å²) < 4.78 is 16.2. The molecular weight excluding hydrogens is 608 g/mol. The summed E-state index contributed by atoms with van der Waals surface area (Å²) in [6.45, 7) is 5.94. The van der Waals surface area contributed by atoms with Crippen molar-refractivity contribution in [3.8, 4) is 17.2 Å². The van der Waals surface area contributed by atoms with Crippen molar-refractivity contribution in [2.24, 2.45) is 5.10 Å². The van der Waals surface area contributed by atoms with Crippen molar-refractivity contribution in [1.82, 2.24) is 10.7 Å². The predicted octanol–water partition coefficient (Wildman–Crippen LogP) is 6.06. The highest BCUT2D eigenvalue weighted by atomic mass is 35.5. The number of esters is 1. The van der Waals surface area contributed by atoms with E-state index in [2.05, 4.69) is 34.6 Å². The molecule has 4 aromatic rings. The van der Waals surface area contributed by atoms with Gasteiger partial charge in [0.05, 0.1) is 22.4 Å². The Morgan fingerprint density at radius 1 is 0.913 bits per heavy atom. The van der Waals surface area contributed by atoms with E-state index in [1.807, 2.05) is 24.3 Å². The first-order valence-corrected chi connectivity index (χ1v) is 14.9. The highest BCUT2D eigenvalue weighted by Gasteiger charge is 2.19. The highest BCUT2D eigenvalue weighted by Crippen LogP contribution is 2.33. The zero-order valence-electron chi connectivity index (χ0n) is 25.2. The fraction of sp³-hybridized carbons (Fsp3) is 0.143. The van der Waals surface area contributed by atoms with Crippen LogP contribution in [0.25, 0.3) is 6.08 Å². The van der Waals surface area contributed by atoms with Crippen LogP contribution in [0.3, 0.4) is 0 Å².